The highest BCUT2D eigenvalue weighted by Crippen LogP contribution is 2.30. The zero-order chi connectivity index (χ0) is 20.5. The quantitative estimate of drug-likeness (QED) is 0.762. The van der Waals surface area contributed by atoms with E-state index in [1.54, 1.807) is 0 Å². The van der Waals surface area contributed by atoms with Crippen molar-refractivity contribution in [3.05, 3.63) is 47.2 Å². The molecule has 1 aliphatic rings. The minimum absolute atomic E-state index is 0.0913. The molecule has 0 saturated carbocycles. The van der Waals surface area contributed by atoms with Crippen LogP contribution in [0.25, 0.3) is 11.1 Å². The largest absolute Gasteiger partial charge is 0.465 e. The molecule has 1 aromatic carbocycles. The van der Waals surface area contributed by atoms with Crippen LogP contribution in [-0.4, -0.2) is 45.2 Å². The van der Waals surface area contributed by atoms with Crippen LogP contribution in [0, 0.1) is 0 Å². The first-order chi connectivity index (χ1) is 13.2. The van der Waals surface area contributed by atoms with E-state index in [1.165, 1.54) is 4.90 Å². The van der Waals surface area contributed by atoms with Gasteiger partial charge in [0.2, 0.25) is 0 Å². The van der Waals surface area contributed by atoms with Gasteiger partial charge in [0.1, 0.15) is 5.69 Å². The van der Waals surface area contributed by atoms with Crippen LogP contribution in [0.1, 0.15) is 50.1 Å². The van der Waals surface area contributed by atoms with Gasteiger partial charge in [-0.15, -0.1) is 0 Å². The number of nitrogens with one attached hydrogen (secondary N) is 1. The third kappa shape index (κ3) is 4.33. The van der Waals surface area contributed by atoms with Crippen molar-refractivity contribution in [2.24, 2.45) is 0 Å². The Morgan fingerprint density at radius 1 is 1.32 bits per heavy atom. The highest BCUT2D eigenvalue weighted by Gasteiger charge is 2.28. The topological polar surface area (TPSA) is 74.6 Å². The molecule has 0 fully saturated rings. The Morgan fingerprint density at radius 2 is 2.07 bits per heavy atom. The first-order valence-electron chi connectivity index (χ1n) is 9.43. The average Bonchev–Trinajstić information content (AvgIpc) is 3.05. The van der Waals surface area contributed by atoms with E-state index in [9.17, 15) is 14.7 Å². The molecule has 7 heteroatoms. The maximum absolute atomic E-state index is 12.3. The third-order valence-electron chi connectivity index (χ3n) is 5.09. The molecule has 0 radical (unpaired) electrons. The third-order valence-corrected chi connectivity index (χ3v) is 5.33. The minimum Gasteiger partial charge on any atom is -0.465 e. The zero-order valence-electron chi connectivity index (χ0n) is 16.4. The Labute approximate surface area is 170 Å². The van der Waals surface area contributed by atoms with Crippen molar-refractivity contribution in [3.8, 4) is 11.1 Å². The highest BCUT2D eigenvalue weighted by molar-refractivity contribution is 6.30. The standard InChI is InChI=1S/C21H26ClN3O3/c1-21(2,3)25(20(27)28)9-5-8-17-12-23-19(26)18-11-15(13-24(17)18)14-6-4-7-16(22)10-14/h4,6-7,10-11,13,17H,5,8-9,12H2,1-3H3,(H,23,26)(H,27,28)/t17-/m0/s1. The number of benzene rings is 1. The minimum atomic E-state index is -0.908. The summed E-state index contributed by atoms with van der Waals surface area (Å²) in [6.45, 7) is 6.68. The van der Waals surface area contributed by atoms with Gasteiger partial charge >= 0.3 is 6.09 Å². The van der Waals surface area contributed by atoms with E-state index in [0.29, 0.717) is 30.2 Å². The summed E-state index contributed by atoms with van der Waals surface area (Å²) < 4.78 is 2.01. The van der Waals surface area contributed by atoms with E-state index in [4.69, 9.17) is 11.6 Å². The van der Waals surface area contributed by atoms with Crippen LogP contribution < -0.4 is 5.32 Å². The maximum Gasteiger partial charge on any atom is 0.407 e. The molecule has 150 valence electrons. The van der Waals surface area contributed by atoms with Crippen molar-refractivity contribution in [3.63, 3.8) is 0 Å². The Bertz CT molecular complexity index is 885. The lowest BCUT2D eigenvalue weighted by Gasteiger charge is -2.34. The predicted octanol–water partition coefficient (Wildman–Crippen LogP) is 4.65. The zero-order valence-corrected chi connectivity index (χ0v) is 17.2. The fourth-order valence-corrected chi connectivity index (χ4v) is 3.82. The molecule has 1 aromatic heterocycles. The lowest BCUT2D eigenvalue weighted by molar-refractivity contribution is 0.0906. The fraction of sp³-hybridized carbons (Fsp3) is 0.429. The van der Waals surface area contributed by atoms with Gasteiger partial charge in [0.15, 0.2) is 0 Å². The molecule has 0 bridgehead atoms. The van der Waals surface area contributed by atoms with Crippen molar-refractivity contribution >= 4 is 23.6 Å². The average molecular weight is 404 g/mol. The second-order valence-corrected chi connectivity index (χ2v) is 8.58. The lowest BCUT2D eigenvalue weighted by atomic mass is 10.0. The molecule has 1 aliphatic heterocycles. The van der Waals surface area contributed by atoms with E-state index in [-0.39, 0.29) is 11.9 Å². The Hall–Kier alpha value is -2.47. The molecule has 3 rings (SSSR count). The van der Waals surface area contributed by atoms with Gasteiger partial charge in [0.25, 0.3) is 5.91 Å². The lowest BCUT2D eigenvalue weighted by Crippen LogP contribution is -2.45. The van der Waals surface area contributed by atoms with Crippen LogP contribution in [0.15, 0.2) is 36.5 Å². The van der Waals surface area contributed by atoms with Crippen LogP contribution >= 0.6 is 11.6 Å². The summed E-state index contributed by atoms with van der Waals surface area (Å²) in [5, 5.41) is 13.0. The van der Waals surface area contributed by atoms with Crippen molar-refractivity contribution in [2.75, 3.05) is 13.1 Å². The first-order valence-corrected chi connectivity index (χ1v) is 9.81. The number of hydrogen-bond donors (Lipinski definition) is 2. The van der Waals surface area contributed by atoms with Gasteiger partial charge in [-0.2, -0.15) is 0 Å². The number of amides is 2. The molecular formula is C21H26ClN3O3. The van der Waals surface area contributed by atoms with Gasteiger partial charge in [0, 0.05) is 35.4 Å². The molecule has 2 heterocycles. The molecular weight excluding hydrogens is 378 g/mol. The van der Waals surface area contributed by atoms with Gasteiger partial charge in [-0.3, -0.25) is 4.79 Å². The van der Waals surface area contributed by atoms with Gasteiger partial charge < -0.3 is 19.9 Å². The number of carboxylic acid groups (broad SMARTS) is 1. The van der Waals surface area contributed by atoms with Gasteiger partial charge in [0.05, 0.1) is 6.04 Å². The smallest absolute Gasteiger partial charge is 0.407 e. The summed E-state index contributed by atoms with van der Waals surface area (Å²) in [4.78, 5) is 25.3. The van der Waals surface area contributed by atoms with Crippen LogP contribution in [0.5, 0.6) is 0 Å². The van der Waals surface area contributed by atoms with Gasteiger partial charge in [-0.25, -0.2) is 4.79 Å². The number of nitrogens with zero attached hydrogens (tertiary/aromatic N) is 2. The van der Waals surface area contributed by atoms with Crippen molar-refractivity contribution < 1.29 is 14.7 Å². The molecule has 0 aliphatic carbocycles. The van der Waals surface area contributed by atoms with Gasteiger partial charge in [-0.1, -0.05) is 23.7 Å². The summed E-state index contributed by atoms with van der Waals surface area (Å²) in [5.41, 5.74) is 2.09. The van der Waals surface area contributed by atoms with Crippen LogP contribution in [0.4, 0.5) is 4.79 Å². The second-order valence-electron chi connectivity index (χ2n) is 8.14. The Balaban J connectivity index is 1.76. The second kappa shape index (κ2) is 7.87. The molecule has 0 unspecified atom stereocenters. The Kier molecular flexibility index (Phi) is 5.70. The van der Waals surface area contributed by atoms with E-state index in [2.05, 4.69) is 5.32 Å². The number of carbonyl (C=O) groups excluding carboxylic acids is 1. The van der Waals surface area contributed by atoms with E-state index in [0.717, 1.165) is 17.5 Å². The summed E-state index contributed by atoms with van der Waals surface area (Å²) >= 11 is 6.10. The van der Waals surface area contributed by atoms with Crippen LogP contribution in [-0.2, 0) is 0 Å². The molecule has 2 amide bonds. The number of hydrogen-bond acceptors (Lipinski definition) is 2. The number of fused-ring (bicyclic) bond motifs is 1. The number of aromatic nitrogens is 1. The summed E-state index contributed by atoms with van der Waals surface area (Å²) in [6.07, 6.45) is 2.57. The molecule has 28 heavy (non-hydrogen) atoms. The van der Waals surface area contributed by atoms with E-state index < -0.39 is 11.6 Å². The van der Waals surface area contributed by atoms with Crippen molar-refractivity contribution in [1.29, 1.82) is 0 Å². The molecule has 0 saturated heterocycles. The SMILES string of the molecule is CC(C)(C)N(CCC[C@H]1CNC(=O)c2cc(-c3cccc(Cl)c3)cn21)C(=O)O. The fourth-order valence-electron chi connectivity index (χ4n) is 3.63. The first kappa shape index (κ1) is 20.3. The maximum atomic E-state index is 12.3. The molecule has 0 spiro atoms. The van der Waals surface area contributed by atoms with E-state index >= 15 is 0 Å². The van der Waals surface area contributed by atoms with Gasteiger partial charge in [-0.05, 0) is 57.4 Å². The molecule has 2 N–H and O–H groups in total. The number of carbonyl (C=O) groups is 2. The molecule has 6 nitrogen and oxygen atoms in total. The normalized spacial score (nSPS) is 16.4. The van der Waals surface area contributed by atoms with Crippen LogP contribution in [0.3, 0.4) is 0 Å². The number of halogens is 1. The molecule has 1 atom stereocenters. The Morgan fingerprint density at radius 3 is 2.71 bits per heavy atom. The summed E-state index contributed by atoms with van der Waals surface area (Å²) in [7, 11) is 0. The molecule has 2 aromatic rings. The summed E-state index contributed by atoms with van der Waals surface area (Å²) in [5.74, 6) is -0.0913. The van der Waals surface area contributed by atoms with Crippen molar-refractivity contribution in [2.45, 2.75) is 45.2 Å². The highest BCUT2D eigenvalue weighted by atomic mass is 35.5. The monoisotopic (exact) mass is 403 g/mol. The van der Waals surface area contributed by atoms with E-state index in [1.807, 2.05) is 61.9 Å². The van der Waals surface area contributed by atoms with Crippen molar-refractivity contribution in [1.82, 2.24) is 14.8 Å². The predicted molar refractivity (Wildman–Crippen MR) is 110 cm³/mol. The number of rotatable bonds is 5. The van der Waals surface area contributed by atoms with Crippen LogP contribution in [0.2, 0.25) is 5.02 Å². The summed E-state index contributed by atoms with van der Waals surface area (Å²) in [6, 6.07) is 9.53.